The minimum Gasteiger partial charge on any atom is -0.464 e. The van der Waals surface area contributed by atoms with Crippen LogP contribution < -0.4 is 0 Å². The predicted molar refractivity (Wildman–Crippen MR) is 102 cm³/mol. The van der Waals surface area contributed by atoms with Gasteiger partial charge in [-0.1, -0.05) is 30.3 Å². The molecule has 4 nitrogen and oxygen atoms in total. The van der Waals surface area contributed by atoms with Gasteiger partial charge in [0.15, 0.2) is 0 Å². The van der Waals surface area contributed by atoms with Crippen LogP contribution in [0.1, 0.15) is 29.1 Å². The van der Waals surface area contributed by atoms with E-state index < -0.39 is 0 Å². The Kier molecular flexibility index (Phi) is 7.24. The molecule has 5 heteroatoms. The van der Waals surface area contributed by atoms with Crippen molar-refractivity contribution < 1.29 is 9.21 Å². The van der Waals surface area contributed by atoms with Crippen molar-refractivity contribution in [3.63, 3.8) is 0 Å². The Morgan fingerprint density at radius 1 is 1.24 bits per heavy atom. The van der Waals surface area contributed by atoms with Gasteiger partial charge in [-0.3, -0.25) is 9.69 Å². The number of halogens is 1. The Hall–Kier alpha value is -1.62. The highest BCUT2D eigenvalue weighted by molar-refractivity contribution is 5.85. The van der Waals surface area contributed by atoms with Gasteiger partial charge in [0.1, 0.15) is 17.3 Å². The normalized spacial score (nSPS) is 14.2. The van der Waals surface area contributed by atoms with Gasteiger partial charge in [0.25, 0.3) is 0 Å². The second-order valence-electron chi connectivity index (χ2n) is 6.88. The van der Waals surface area contributed by atoms with Crippen molar-refractivity contribution in [2.75, 3.05) is 27.2 Å². The summed E-state index contributed by atoms with van der Waals surface area (Å²) in [7, 11) is 4.08. The summed E-state index contributed by atoms with van der Waals surface area (Å²) < 4.78 is 5.92. The molecule has 0 amide bonds. The second-order valence-corrected chi connectivity index (χ2v) is 6.88. The third kappa shape index (κ3) is 5.70. The Morgan fingerprint density at radius 2 is 2.00 bits per heavy atom. The number of ketones is 1. The van der Waals surface area contributed by atoms with Crippen LogP contribution in [-0.2, 0) is 30.7 Å². The van der Waals surface area contributed by atoms with Gasteiger partial charge in [-0.2, -0.15) is 0 Å². The molecule has 1 aromatic carbocycles. The van der Waals surface area contributed by atoms with Crippen LogP contribution in [0.4, 0.5) is 0 Å². The number of aryl methyl sites for hydroxylation is 1. The minimum absolute atomic E-state index is 0. The topological polar surface area (TPSA) is 36.7 Å². The molecule has 25 heavy (non-hydrogen) atoms. The van der Waals surface area contributed by atoms with E-state index in [4.69, 9.17) is 4.42 Å². The van der Waals surface area contributed by atoms with Crippen LogP contribution in [0.3, 0.4) is 0 Å². The number of carbonyl (C=O) groups is 1. The van der Waals surface area contributed by atoms with Gasteiger partial charge in [-0.15, -0.1) is 12.4 Å². The van der Waals surface area contributed by atoms with E-state index in [1.165, 1.54) is 11.1 Å². The highest BCUT2D eigenvalue weighted by atomic mass is 35.5. The molecule has 1 aliphatic heterocycles. The van der Waals surface area contributed by atoms with Gasteiger partial charge in [0, 0.05) is 31.5 Å². The largest absolute Gasteiger partial charge is 0.464 e. The van der Waals surface area contributed by atoms with Gasteiger partial charge < -0.3 is 9.32 Å². The monoisotopic (exact) mass is 362 g/mol. The van der Waals surface area contributed by atoms with E-state index in [-0.39, 0.29) is 12.4 Å². The molecule has 136 valence electrons. The van der Waals surface area contributed by atoms with Crippen molar-refractivity contribution in [2.45, 2.75) is 32.4 Å². The number of hydrogen-bond donors (Lipinski definition) is 0. The first kappa shape index (κ1) is 19.7. The smallest absolute Gasteiger partial charge is 0.147 e. The summed E-state index contributed by atoms with van der Waals surface area (Å²) in [6.45, 7) is 3.09. The van der Waals surface area contributed by atoms with Crippen LogP contribution in [-0.4, -0.2) is 42.8 Å². The van der Waals surface area contributed by atoms with E-state index in [1.807, 2.05) is 32.3 Å². The van der Waals surface area contributed by atoms with E-state index in [9.17, 15) is 4.79 Å². The van der Waals surface area contributed by atoms with Crippen molar-refractivity contribution in [3.8, 4) is 0 Å². The Morgan fingerprint density at radius 3 is 2.72 bits per heavy atom. The van der Waals surface area contributed by atoms with Crippen molar-refractivity contribution in [1.82, 2.24) is 9.80 Å². The summed E-state index contributed by atoms with van der Waals surface area (Å²) in [5.74, 6) is 2.43. The number of benzene rings is 1. The fraction of sp³-hybridized carbons (Fsp3) is 0.450. The maximum atomic E-state index is 12.3. The molecule has 0 saturated carbocycles. The van der Waals surface area contributed by atoms with Gasteiger partial charge in [-0.05, 0) is 32.1 Å². The molecule has 0 unspecified atom stereocenters. The lowest BCUT2D eigenvalue weighted by Crippen LogP contribution is -2.34. The third-order valence-corrected chi connectivity index (χ3v) is 4.40. The summed E-state index contributed by atoms with van der Waals surface area (Å²) in [6, 6.07) is 12.4. The number of furan rings is 1. The summed E-state index contributed by atoms with van der Waals surface area (Å²) >= 11 is 0. The molecule has 0 saturated heterocycles. The average Bonchev–Trinajstić information content (AvgIpc) is 2.94. The van der Waals surface area contributed by atoms with Crippen LogP contribution in [0.15, 0.2) is 40.8 Å². The Bertz CT molecular complexity index is 682. The van der Waals surface area contributed by atoms with Gasteiger partial charge in [0.2, 0.25) is 0 Å². The molecular weight excluding hydrogens is 336 g/mol. The van der Waals surface area contributed by atoms with Crippen molar-refractivity contribution >= 4 is 18.2 Å². The molecule has 0 aliphatic carbocycles. The summed E-state index contributed by atoms with van der Waals surface area (Å²) in [6.07, 6.45) is 2.34. The molecule has 2 aromatic rings. The first-order valence-electron chi connectivity index (χ1n) is 8.63. The maximum absolute atomic E-state index is 12.3. The number of hydrogen-bond acceptors (Lipinski definition) is 4. The van der Waals surface area contributed by atoms with E-state index in [0.717, 1.165) is 44.0 Å². The molecule has 1 aromatic heterocycles. The van der Waals surface area contributed by atoms with Crippen LogP contribution in [0, 0.1) is 0 Å². The third-order valence-electron chi connectivity index (χ3n) is 4.40. The molecule has 0 N–H and O–H groups in total. The van der Waals surface area contributed by atoms with Crippen LogP contribution >= 0.6 is 12.4 Å². The SMILES string of the molecule is CN(C)Cc1cc2c(o1)CCN(CC(=O)CCc1ccccc1)C2.Cl. The van der Waals surface area contributed by atoms with Crippen molar-refractivity contribution in [1.29, 1.82) is 0 Å². The molecule has 0 fully saturated rings. The first-order chi connectivity index (χ1) is 11.6. The van der Waals surface area contributed by atoms with Gasteiger partial charge >= 0.3 is 0 Å². The summed E-state index contributed by atoms with van der Waals surface area (Å²) in [5.41, 5.74) is 2.48. The van der Waals surface area contributed by atoms with E-state index >= 15 is 0 Å². The van der Waals surface area contributed by atoms with Crippen LogP contribution in [0.2, 0.25) is 0 Å². The standard InChI is InChI=1S/C20H26N2O2.ClH/c1-21(2)15-19-12-17-13-22(11-10-20(17)24-19)14-18(23)9-8-16-6-4-3-5-7-16;/h3-7,12H,8-11,13-15H2,1-2H3;1H. The number of Topliss-reactive ketones (excluding diaryl/α,β-unsaturated/α-hetero) is 1. The molecule has 2 heterocycles. The number of rotatable bonds is 7. The molecule has 3 rings (SSSR count). The van der Waals surface area contributed by atoms with Gasteiger partial charge in [-0.25, -0.2) is 0 Å². The fourth-order valence-corrected chi connectivity index (χ4v) is 3.23. The second kappa shape index (κ2) is 9.18. The quantitative estimate of drug-likeness (QED) is 0.757. The van der Waals surface area contributed by atoms with E-state index in [0.29, 0.717) is 18.7 Å². The van der Waals surface area contributed by atoms with Gasteiger partial charge in [0.05, 0.1) is 13.1 Å². The lowest BCUT2D eigenvalue weighted by molar-refractivity contribution is -0.120. The van der Waals surface area contributed by atoms with Crippen LogP contribution in [0.25, 0.3) is 0 Å². The van der Waals surface area contributed by atoms with Crippen molar-refractivity contribution in [2.24, 2.45) is 0 Å². The molecule has 0 radical (unpaired) electrons. The predicted octanol–water partition coefficient (Wildman–Crippen LogP) is 3.32. The zero-order valence-electron chi connectivity index (χ0n) is 15.0. The Labute approximate surface area is 156 Å². The van der Waals surface area contributed by atoms with E-state index in [2.05, 4.69) is 28.0 Å². The lowest BCUT2D eigenvalue weighted by Gasteiger charge is -2.25. The van der Waals surface area contributed by atoms with Crippen molar-refractivity contribution in [3.05, 3.63) is 59.0 Å². The fourth-order valence-electron chi connectivity index (χ4n) is 3.23. The average molecular weight is 363 g/mol. The highest BCUT2D eigenvalue weighted by Crippen LogP contribution is 2.23. The summed E-state index contributed by atoms with van der Waals surface area (Å²) in [5, 5.41) is 0. The molecule has 1 aliphatic rings. The highest BCUT2D eigenvalue weighted by Gasteiger charge is 2.22. The number of nitrogens with zero attached hydrogens (tertiary/aromatic N) is 2. The first-order valence-corrected chi connectivity index (χ1v) is 8.63. The number of carbonyl (C=O) groups excluding carboxylic acids is 1. The molecule has 0 spiro atoms. The zero-order valence-corrected chi connectivity index (χ0v) is 15.8. The van der Waals surface area contributed by atoms with Crippen LogP contribution in [0.5, 0.6) is 0 Å². The minimum atomic E-state index is 0. The molecular formula is C20H27ClN2O2. The lowest BCUT2D eigenvalue weighted by atomic mass is 10.1. The Balaban J connectivity index is 0.00000225. The number of fused-ring (bicyclic) bond motifs is 1. The molecule has 0 bridgehead atoms. The van der Waals surface area contributed by atoms with E-state index in [1.54, 1.807) is 0 Å². The molecule has 0 atom stereocenters. The maximum Gasteiger partial charge on any atom is 0.147 e. The summed E-state index contributed by atoms with van der Waals surface area (Å²) in [4.78, 5) is 16.6. The zero-order chi connectivity index (χ0) is 16.9.